The van der Waals surface area contributed by atoms with Gasteiger partial charge in [0.2, 0.25) is 12.7 Å². The van der Waals surface area contributed by atoms with Gasteiger partial charge in [-0.3, -0.25) is 14.4 Å². The lowest BCUT2D eigenvalue weighted by Crippen LogP contribution is -2.57. The maximum absolute atomic E-state index is 13.8. The quantitative estimate of drug-likeness (QED) is 0.787. The predicted octanol–water partition coefficient (Wildman–Crippen LogP) is 1.91. The molecule has 0 unspecified atom stereocenters. The van der Waals surface area contributed by atoms with E-state index < -0.39 is 12.1 Å². The highest BCUT2D eigenvalue weighted by atomic mass is 16.7. The van der Waals surface area contributed by atoms with Crippen molar-refractivity contribution in [1.82, 2.24) is 10.2 Å². The number of hydrogen-bond donors (Lipinski definition) is 1. The van der Waals surface area contributed by atoms with E-state index >= 15 is 0 Å². The number of fused-ring (bicyclic) bond motifs is 2. The molecule has 3 heterocycles. The topological polar surface area (TPSA) is 94.2 Å². The second kappa shape index (κ2) is 7.51. The Hall–Kier alpha value is -2.61. The number of Topliss-reactive ketones (excluding diaryl/α,β-unsaturated/α-hetero) is 1. The summed E-state index contributed by atoms with van der Waals surface area (Å²) < 4.78 is 16.4. The van der Waals surface area contributed by atoms with E-state index in [0.717, 1.165) is 25.7 Å². The van der Waals surface area contributed by atoms with Crippen molar-refractivity contribution in [3.63, 3.8) is 0 Å². The lowest BCUT2D eigenvalue weighted by Gasteiger charge is -2.37. The zero-order valence-corrected chi connectivity index (χ0v) is 17.9. The Bertz CT molecular complexity index is 925. The summed E-state index contributed by atoms with van der Waals surface area (Å²) in [6.45, 7) is 4.71. The summed E-state index contributed by atoms with van der Waals surface area (Å²) in [7, 11) is 0. The van der Waals surface area contributed by atoms with Crippen molar-refractivity contribution in [2.75, 3.05) is 19.9 Å². The van der Waals surface area contributed by atoms with Crippen molar-refractivity contribution < 1.29 is 28.6 Å². The molecule has 5 rings (SSSR count). The van der Waals surface area contributed by atoms with Crippen molar-refractivity contribution in [1.29, 1.82) is 0 Å². The minimum Gasteiger partial charge on any atom is -0.454 e. The minimum absolute atomic E-state index is 0.0505. The molecule has 4 aliphatic rings. The molecule has 0 bridgehead atoms. The lowest BCUT2D eigenvalue weighted by molar-refractivity contribution is -0.140. The average molecular weight is 428 g/mol. The Morgan fingerprint density at radius 2 is 1.94 bits per heavy atom. The number of ketones is 1. The van der Waals surface area contributed by atoms with Crippen LogP contribution >= 0.6 is 0 Å². The number of carbonyl (C=O) groups excluding carboxylic acids is 3. The fourth-order valence-corrected chi connectivity index (χ4v) is 5.54. The standard InChI is InChI=1S/C23H28N2O6/c1-13-10-25(18-15(26)11-29-19(13)18)22(28)20(23(2)7-3-4-8-23)24-21(27)14-5-6-16-17(9-14)31-12-30-16/h5-6,9,13,18-20H,3-4,7-8,10-12H2,1-2H3,(H,24,27)/t13-,18-,19-,20-/m1/s1. The summed E-state index contributed by atoms with van der Waals surface area (Å²) in [4.78, 5) is 41.1. The second-order valence-electron chi connectivity index (χ2n) is 9.49. The summed E-state index contributed by atoms with van der Waals surface area (Å²) in [5.74, 6) is 0.637. The zero-order valence-electron chi connectivity index (χ0n) is 17.9. The Morgan fingerprint density at radius 1 is 1.19 bits per heavy atom. The van der Waals surface area contributed by atoms with Crippen LogP contribution < -0.4 is 14.8 Å². The van der Waals surface area contributed by atoms with E-state index in [1.54, 1.807) is 23.1 Å². The van der Waals surface area contributed by atoms with E-state index in [9.17, 15) is 14.4 Å². The molecule has 3 fully saturated rings. The van der Waals surface area contributed by atoms with Gasteiger partial charge in [0.25, 0.3) is 5.91 Å². The van der Waals surface area contributed by atoms with Crippen LogP contribution in [0.25, 0.3) is 0 Å². The first kappa shape index (κ1) is 20.3. The first-order chi connectivity index (χ1) is 14.9. The van der Waals surface area contributed by atoms with Gasteiger partial charge in [-0.25, -0.2) is 0 Å². The summed E-state index contributed by atoms with van der Waals surface area (Å²) in [6.07, 6.45) is 3.49. The average Bonchev–Trinajstić information content (AvgIpc) is 3.52. The molecular formula is C23H28N2O6. The molecule has 2 amide bonds. The summed E-state index contributed by atoms with van der Waals surface area (Å²) in [5, 5.41) is 3.01. The van der Waals surface area contributed by atoms with Crippen LogP contribution in [-0.2, 0) is 14.3 Å². The Balaban J connectivity index is 1.42. The number of ether oxygens (including phenoxy) is 3. The smallest absolute Gasteiger partial charge is 0.252 e. The molecule has 1 N–H and O–H groups in total. The molecule has 1 aliphatic carbocycles. The van der Waals surface area contributed by atoms with Crippen molar-refractivity contribution >= 4 is 17.6 Å². The molecule has 4 atom stereocenters. The fourth-order valence-electron chi connectivity index (χ4n) is 5.54. The molecule has 3 aliphatic heterocycles. The molecule has 0 aromatic heterocycles. The van der Waals surface area contributed by atoms with Crippen LogP contribution in [0, 0.1) is 11.3 Å². The van der Waals surface area contributed by atoms with Crippen LogP contribution in [0.3, 0.4) is 0 Å². The molecule has 0 radical (unpaired) electrons. The van der Waals surface area contributed by atoms with Crippen molar-refractivity contribution in [3.8, 4) is 11.5 Å². The molecule has 1 saturated carbocycles. The van der Waals surface area contributed by atoms with Crippen molar-refractivity contribution in [2.24, 2.45) is 11.3 Å². The molecule has 1 aromatic rings. The van der Waals surface area contributed by atoms with Gasteiger partial charge in [0.05, 0.1) is 6.10 Å². The Morgan fingerprint density at radius 3 is 2.71 bits per heavy atom. The number of carbonyl (C=O) groups is 3. The lowest BCUT2D eigenvalue weighted by atomic mass is 9.79. The van der Waals surface area contributed by atoms with Gasteiger partial charge in [0.15, 0.2) is 17.3 Å². The second-order valence-corrected chi connectivity index (χ2v) is 9.49. The van der Waals surface area contributed by atoms with E-state index in [4.69, 9.17) is 14.2 Å². The van der Waals surface area contributed by atoms with Gasteiger partial charge in [-0.1, -0.05) is 26.7 Å². The predicted molar refractivity (Wildman–Crippen MR) is 110 cm³/mol. The zero-order chi connectivity index (χ0) is 21.8. The van der Waals surface area contributed by atoms with Crippen LogP contribution in [0.4, 0.5) is 0 Å². The highest BCUT2D eigenvalue weighted by Gasteiger charge is 2.54. The minimum atomic E-state index is -0.702. The molecule has 1 aromatic carbocycles. The van der Waals surface area contributed by atoms with Crippen molar-refractivity contribution in [3.05, 3.63) is 23.8 Å². The van der Waals surface area contributed by atoms with Crippen LogP contribution in [0.15, 0.2) is 18.2 Å². The maximum Gasteiger partial charge on any atom is 0.252 e. The number of benzene rings is 1. The Labute approximate surface area is 181 Å². The maximum atomic E-state index is 13.8. The van der Waals surface area contributed by atoms with Crippen LogP contribution in [0.5, 0.6) is 11.5 Å². The largest absolute Gasteiger partial charge is 0.454 e. The number of likely N-dealkylation sites (tertiary alicyclic amines) is 1. The van der Waals surface area contributed by atoms with Gasteiger partial charge in [-0.2, -0.15) is 0 Å². The number of nitrogens with zero attached hydrogens (tertiary/aromatic N) is 1. The highest BCUT2D eigenvalue weighted by molar-refractivity contribution is 6.00. The number of amides is 2. The van der Waals surface area contributed by atoms with Crippen LogP contribution in [0.1, 0.15) is 49.9 Å². The monoisotopic (exact) mass is 428 g/mol. The van der Waals surface area contributed by atoms with Gasteiger partial charge in [0.1, 0.15) is 18.7 Å². The van der Waals surface area contributed by atoms with Crippen molar-refractivity contribution in [2.45, 2.75) is 57.7 Å². The molecule has 8 heteroatoms. The van der Waals surface area contributed by atoms with Crippen LogP contribution in [-0.4, -0.2) is 60.6 Å². The summed E-state index contributed by atoms with van der Waals surface area (Å²) in [5.41, 5.74) is 0.0593. The molecular weight excluding hydrogens is 400 g/mol. The van der Waals surface area contributed by atoms with E-state index in [1.165, 1.54) is 0 Å². The first-order valence-corrected chi connectivity index (χ1v) is 11.0. The van der Waals surface area contributed by atoms with Gasteiger partial charge in [-0.05, 0) is 36.5 Å². The number of hydrogen-bond acceptors (Lipinski definition) is 6. The summed E-state index contributed by atoms with van der Waals surface area (Å²) in [6, 6.07) is 3.76. The third-order valence-electron chi connectivity index (χ3n) is 7.32. The molecule has 8 nitrogen and oxygen atoms in total. The molecule has 31 heavy (non-hydrogen) atoms. The molecule has 0 spiro atoms. The fraction of sp³-hybridized carbons (Fsp3) is 0.609. The highest BCUT2D eigenvalue weighted by Crippen LogP contribution is 2.43. The van der Waals surface area contributed by atoms with Gasteiger partial charge < -0.3 is 24.4 Å². The summed E-state index contributed by atoms with van der Waals surface area (Å²) >= 11 is 0. The Kier molecular flexibility index (Phi) is 4.92. The van der Waals surface area contributed by atoms with Gasteiger partial charge in [-0.15, -0.1) is 0 Å². The molecule has 166 valence electrons. The van der Waals surface area contributed by atoms with E-state index in [1.807, 2.05) is 6.92 Å². The third-order valence-corrected chi connectivity index (χ3v) is 7.32. The van der Waals surface area contributed by atoms with E-state index in [2.05, 4.69) is 12.2 Å². The third kappa shape index (κ3) is 3.37. The van der Waals surface area contributed by atoms with E-state index in [0.29, 0.717) is 23.6 Å². The van der Waals surface area contributed by atoms with E-state index in [-0.39, 0.29) is 48.4 Å². The number of nitrogens with one attached hydrogen (secondary N) is 1. The van der Waals surface area contributed by atoms with Crippen LogP contribution in [0.2, 0.25) is 0 Å². The SMILES string of the molecule is C[C@@H]1CN(C(=O)[C@@H](NC(=O)c2ccc3c(c2)OCO3)C2(C)CCCC2)[C@@H]2C(=O)CO[C@H]12. The van der Waals surface area contributed by atoms with Gasteiger partial charge in [0, 0.05) is 18.0 Å². The normalized spacial score (nSPS) is 29.2. The van der Waals surface area contributed by atoms with Gasteiger partial charge >= 0.3 is 0 Å². The molecule has 2 saturated heterocycles. The number of rotatable bonds is 4. The first-order valence-electron chi connectivity index (χ1n) is 11.0.